The molecule has 0 fully saturated rings. The molecule has 0 bridgehead atoms. The van der Waals surface area contributed by atoms with Gasteiger partial charge in [-0.15, -0.1) is 0 Å². The SMILES string of the molecule is FC(F)Oc1ccc(Nc2nc(Cl)c(Cl)cc2Cl)cc1. The summed E-state index contributed by atoms with van der Waals surface area (Å²) < 4.78 is 28.3. The number of aromatic nitrogens is 1. The average Bonchev–Trinajstić information content (AvgIpc) is 2.37. The van der Waals surface area contributed by atoms with Crippen molar-refractivity contribution in [2.75, 3.05) is 5.32 Å². The number of hydrogen-bond acceptors (Lipinski definition) is 3. The normalized spacial score (nSPS) is 10.7. The van der Waals surface area contributed by atoms with Crippen molar-refractivity contribution in [1.29, 1.82) is 0 Å². The molecule has 0 aliphatic rings. The lowest BCUT2D eigenvalue weighted by Gasteiger charge is -2.09. The van der Waals surface area contributed by atoms with Crippen molar-refractivity contribution in [1.82, 2.24) is 4.98 Å². The predicted molar refractivity (Wildman–Crippen MR) is 75.6 cm³/mol. The van der Waals surface area contributed by atoms with Gasteiger partial charge in [-0.05, 0) is 30.3 Å². The van der Waals surface area contributed by atoms with Gasteiger partial charge in [0, 0.05) is 5.69 Å². The zero-order valence-electron chi connectivity index (χ0n) is 9.71. The van der Waals surface area contributed by atoms with E-state index in [0.29, 0.717) is 11.5 Å². The van der Waals surface area contributed by atoms with E-state index in [2.05, 4.69) is 15.0 Å². The zero-order valence-corrected chi connectivity index (χ0v) is 12.0. The van der Waals surface area contributed by atoms with Crippen molar-refractivity contribution >= 4 is 46.3 Å². The predicted octanol–water partition coefficient (Wildman–Crippen LogP) is 5.39. The molecular weight excluding hydrogens is 333 g/mol. The van der Waals surface area contributed by atoms with E-state index in [0.717, 1.165) is 0 Å². The maximum absolute atomic E-state index is 12.0. The number of benzene rings is 1. The summed E-state index contributed by atoms with van der Waals surface area (Å²) in [6, 6.07) is 7.31. The molecule has 0 aliphatic carbocycles. The highest BCUT2D eigenvalue weighted by molar-refractivity contribution is 6.43. The second kappa shape index (κ2) is 6.43. The van der Waals surface area contributed by atoms with Gasteiger partial charge < -0.3 is 10.1 Å². The number of anilines is 2. The van der Waals surface area contributed by atoms with Gasteiger partial charge in [0.2, 0.25) is 0 Å². The molecule has 0 unspecified atom stereocenters. The fourth-order valence-electron chi connectivity index (χ4n) is 1.39. The van der Waals surface area contributed by atoms with Crippen LogP contribution in [0.4, 0.5) is 20.3 Å². The lowest BCUT2D eigenvalue weighted by Crippen LogP contribution is -2.01. The van der Waals surface area contributed by atoms with Crippen LogP contribution >= 0.6 is 34.8 Å². The standard InChI is InChI=1S/C12H7Cl3F2N2O/c13-8-5-9(14)11(19-10(8)15)18-6-1-3-7(4-2-6)20-12(16)17/h1-5,12H,(H,18,19). The molecule has 0 atom stereocenters. The first kappa shape index (κ1) is 15.1. The van der Waals surface area contributed by atoms with Crippen LogP contribution in [0, 0.1) is 0 Å². The highest BCUT2D eigenvalue weighted by Gasteiger charge is 2.09. The molecule has 1 aromatic heterocycles. The monoisotopic (exact) mass is 338 g/mol. The summed E-state index contributed by atoms with van der Waals surface area (Å²) in [5.74, 6) is 0.363. The Hall–Kier alpha value is -1.30. The van der Waals surface area contributed by atoms with Gasteiger partial charge in [-0.25, -0.2) is 4.98 Å². The Morgan fingerprint density at radius 1 is 1.05 bits per heavy atom. The number of halogens is 5. The summed E-state index contributed by atoms with van der Waals surface area (Å²) in [5, 5.41) is 3.52. The summed E-state index contributed by atoms with van der Waals surface area (Å²) in [4.78, 5) is 3.98. The van der Waals surface area contributed by atoms with Gasteiger partial charge in [0.25, 0.3) is 0 Å². The second-order valence-electron chi connectivity index (χ2n) is 3.62. The van der Waals surface area contributed by atoms with Crippen LogP contribution in [-0.4, -0.2) is 11.6 Å². The van der Waals surface area contributed by atoms with E-state index < -0.39 is 6.61 Å². The number of nitrogens with one attached hydrogen (secondary N) is 1. The molecule has 2 aromatic rings. The first-order chi connectivity index (χ1) is 9.45. The molecule has 0 aliphatic heterocycles. The first-order valence-corrected chi connectivity index (χ1v) is 6.42. The largest absolute Gasteiger partial charge is 0.435 e. The van der Waals surface area contributed by atoms with Gasteiger partial charge in [0.15, 0.2) is 5.82 Å². The Bertz CT molecular complexity index is 608. The fourth-order valence-corrected chi connectivity index (χ4v) is 1.93. The van der Waals surface area contributed by atoms with E-state index in [1.807, 2.05) is 0 Å². The van der Waals surface area contributed by atoms with Gasteiger partial charge in [-0.2, -0.15) is 8.78 Å². The van der Waals surface area contributed by atoms with Crippen LogP contribution in [0.15, 0.2) is 30.3 Å². The maximum Gasteiger partial charge on any atom is 0.387 e. The van der Waals surface area contributed by atoms with Crippen molar-refractivity contribution in [3.8, 4) is 5.75 Å². The van der Waals surface area contributed by atoms with Gasteiger partial charge in [0.05, 0.1) is 10.0 Å². The Labute approximate surface area is 128 Å². The Morgan fingerprint density at radius 2 is 1.70 bits per heavy atom. The Kier molecular flexibility index (Phi) is 4.86. The van der Waals surface area contributed by atoms with Crippen LogP contribution in [0.3, 0.4) is 0 Å². The Balaban J connectivity index is 2.16. The third kappa shape index (κ3) is 3.85. The Morgan fingerprint density at radius 3 is 2.30 bits per heavy atom. The van der Waals surface area contributed by atoms with Gasteiger partial charge in [0.1, 0.15) is 10.9 Å². The molecule has 106 valence electrons. The number of alkyl halides is 2. The molecule has 0 spiro atoms. The summed E-state index contributed by atoms with van der Waals surface area (Å²) in [6.07, 6.45) is 0. The van der Waals surface area contributed by atoms with Gasteiger partial charge in [-0.1, -0.05) is 34.8 Å². The average molecular weight is 340 g/mol. The smallest absolute Gasteiger partial charge is 0.387 e. The molecule has 0 saturated heterocycles. The molecule has 0 amide bonds. The molecule has 20 heavy (non-hydrogen) atoms. The van der Waals surface area contributed by atoms with E-state index in [4.69, 9.17) is 34.8 Å². The van der Waals surface area contributed by atoms with E-state index in [1.54, 1.807) is 0 Å². The van der Waals surface area contributed by atoms with Crippen LogP contribution < -0.4 is 10.1 Å². The lowest BCUT2D eigenvalue weighted by atomic mass is 10.3. The topological polar surface area (TPSA) is 34.1 Å². The van der Waals surface area contributed by atoms with E-state index in [-0.39, 0.29) is 20.9 Å². The highest BCUT2D eigenvalue weighted by atomic mass is 35.5. The van der Waals surface area contributed by atoms with E-state index in [1.165, 1.54) is 30.3 Å². The van der Waals surface area contributed by atoms with Crippen LogP contribution in [-0.2, 0) is 0 Å². The minimum absolute atomic E-state index is 0.0544. The second-order valence-corrected chi connectivity index (χ2v) is 4.79. The molecule has 1 aromatic carbocycles. The van der Waals surface area contributed by atoms with Crippen LogP contribution in [0.1, 0.15) is 0 Å². The number of pyridine rings is 1. The third-order valence-corrected chi connectivity index (χ3v) is 3.19. The maximum atomic E-state index is 12.0. The quantitative estimate of drug-likeness (QED) is 0.759. The molecule has 2 rings (SSSR count). The van der Waals surface area contributed by atoms with Crippen molar-refractivity contribution in [3.05, 3.63) is 45.5 Å². The zero-order chi connectivity index (χ0) is 14.7. The minimum Gasteiger partial charge on any atom is -0.435 e. The summed E-state index contributed by atoms with van der Waals surface area (Å²) >= 11 is 17.5. The minimum atomic E-state index is -2.86. The molecule has 1 N–H and O–H groups in total. The molecular formula is C12H7Cl3F2N2O. The molecule has 0 radical (unpaired) electrons. The number of ether oxygens (including phenoxy) is 1. The van der Waals surface area contributed by atoms with Crippen molar-refractivity contribution in [2.24, 2.45) is 0 Å². The van der Waals surface area contributed by atoms with Crippen LogP contribution in [0.25, 0.3) is 0 Å². The van der Waals surface area contributed by atoms with Crippen molar-refractivity contribution < 1.29 is 13.5 Å². The molecule has 0 saturated carbocycles. The van der Waals surface area contributed by atoms with Crippen molar-refractivity contribution in [3.63, 3.8) is 0 Å². The summed E-state index contributed by atoms with van der Waals surface area (Å²) in [7, 11) is 0. The van der Waals surface area contributed by atoms with Crippen molar-refractivity contribution in [2.45, 2.75) is 6.61 Å². The summed E-state index contributed by atoms with van der Waals surface area (Å²) in [6.45, 7) is -2.86. The van der Waals surface area contributed by atoms with Gasteiger partial charge in [-0.3, -0.25) is 0 Å². The van der Waals surface area contributed by atoms with E-state index >= 15 is 0 Å². The lowest BCUT2D eigenvalue weighted by molar-refractivity contribution is -0.0498. The molecule has 8 heteroatoms. The number of nitrogens with zero attached hydrogens (tertiary/aromatic N) is 1. The van der Waals surface area contributed by atoms with E-state index in [9.17, 15) is 8.78 Å². The number of hydrogen-bond donors (Lipinski definition) is 1. The highest BCUT2D eigenvalue weighted by Crippen LogP contribution is 2.31. The van der Waals surface area contributed by atoms with Gasteiger partial charge >= 0.3 is 6.61 Å². The number of rotatable bonds is 4. The van der Waals surface area contributed by atoms with Crippen LogP contribution in [0.2, 0.25) is 15.2 Å². The first-order valence-electron chi connectivity index (χ1n) is 5.29. The van der Waals surface area contributed by atoms with Crippen LogP contribution in [0.5, 0.6) is 5.75 Å². The molecule has 3 nitrogen and oxygen atoms in total. The fraction of sp³-hybridized carbons (Fsp3) is 0.0833. The summed E-state index contributed by atoms with van der Waals surface area (Å²) in [5.41, 5.74) is 0.583. The molecule has 1 heterocycles. The third-order valence-electron chi connectivity index (χ3n) is 2.23.